The fourth-order valence-electron chi connectivity index (χ4n) is 3.85. The molecule has 8 nitrogen and oxygen atoms in total. The van der Waals surface area contributed by atoms with Gasteiger partial charge in [-0.3, -0.25) is 14.0 Å². The molecule has 0 bridgehead atoms. The summed E-state index contributed by atoms with van der Waals surface area (Å²) in [4.78, 5) is 30.1. The molecule has 0 radical (unpaired) electrons. The summed E-state index contributed by atoms with van der Waals surface area (Å²) in [5.41, 5.74) is 1.41. The van der Waals surface area contributed by atoms with E-state index in [0.717, 1.165) is 25.7 Å². The molecule has 8 heteroatoms. The third-order valence-electron chi connectivity index (χ3n) is 5.29. The first-order valence-corrected chi connectivity index (χ1v) is 9.68. The second kappa shape index (κ2) is 7.12. The molecular formula is C21H20N4O4. The first kappa shape index (κ1) is 17.5. The Hall–Kier alpha value is -3.55. The molecule has 0 saturated heterocycles. The van der Waals surface area contributed by atoms with Crippen molar-refractivity contribution in [1.82, 2.24) is 14.7 Å². The highest BCUT2D eigenvalue weighted by Gasteiger charge is 2.25. The molecule has 0 atom stereocenters. The minimum Gasteiger partial charge on any atom is -0.454 e. The first-order valence-electron chi connectivity index (χ1n) is 9.68. The minimum absolute atomic E-state index is 0.148. The van der Waals surface area contributed by atoms with E-state index >= 15 is 0 Å². The van der Waals surface area contributed by atoms with Gasteiger partial charge >= 0.3 is 0 Å². The van der Waals surface area contributed by atoms with Gasteiger partial charge in [-0.2, -0.15) is 0 Å². The summed E-state index contributed by atoms with van der Waals surface area (Å²) in [5, 5.41) is 5.86. The van der Waals surface area contributed by atoms with E-state index in [-0.39, 0.29) is 30.3 Å². The van der Waals surface area contributed by atoms with Crippen LogP contribution in [0.3, 0.4) is 0 Å². The number of fused-ring (bicyclic) bond motifs is 2. The second-order valence-electron chi connectivity index (χ2n) is 7.22. The number of anilines is 1. The Kier molecular flexibility index (Phi) is 4.31. The highest BCUT2D eigenvalue weighted by atomic mass is 16.7. The zero-order chi connectivity index (χ0) is 19.8. The van der Waals surface area contributed by atoms with E-state index in [1.54, 1.807) is 40.9 Å². The molecule has 3 aromatic rings. The van der Waals surface area contributed by atoms with E-state index in [2.05, 4.69) is 15.6 Å². The maximum atomic E-state index is 12.9. The molecule has 3 heterocycles. The predicted molar refractivity (Wildman–Crippen MR) is 105 cm³/mol. The monoisotopic (exact) mass is 392 g/mol. The molecule has 148 valence electrons. The Labute approximate surface area is 166 Å². The van der Waals surface area contributed by atoms with Crippen molar-refractivity contribution in [3.63, 3.8) is 0 Å². The van der Waals surface area contributed by atoms with Crippen molar-refractivity contribution in [3.8, 4) is 11.5 Å². The lowest BCUT2D eigenvalue weighted by atomic mass is 10.2. The number of carbonyl (C=O) groups excluding carboxylic acids is 2. The Bertz CT molecular complexity index is 1100. The van der Waals surface area contributed by atoms with Gasteiger partial charge in [0.1, 0.15) is 0 Å². The summed E-state index contributed by atoms with van der Waals surface area (Å²) in [6, 6.07) is 10.7. The molecule has 29 heavy (non-hydrogen) atoms. The third kappa shape index (κ3) is 3.26. The van der Waals surface area contributed by atoms with Crippen molar-refractivity contribution in [2.45, 2.75) is 31.7 Å². The van der Waals surface area contributed by atoms with E-state index in [0.29, 0.717) is 22.7 Å². The van der Waals surface area contributed by atoms with Crippen LogP contribution in [0.5, 0.6) is 11.5 Å². The third-order valence-corrected chi connectivity index (χ3v) is 5.29. The molecule has 5 rings (SSSR count). The van der Waals surface area contributed by atoms with Crippen LogP contribution in [0, 0.1) is 0 Å². The zero-order valence-corrected chi connectivity index (χ0v) is 15.7. The summed E-state index contributed by atoms with van der Waals surface area (Å²) < 4.78 is 12.3. The largest absolute Gasteiger partial charge is 0.454 e. The molecule has 2 aromatic heterocycles. The molecule has 1 aliphatic heterocycles. The summed E-state index contributed by atoms with van der Waals surface area (Å²) in [7, 11) is 0. The maximum Gasteiger partial charge on any atom is 0.292 e. The van der Waals surface area contributed by atoms with Gasteiger partial charge in [-0.15, -0.1) is 0 Å². The minimum atomic E-state index is -0.412. The smallest absolute Gasteiger partial charge is 0.292 e. The van der Waals surface area contributed by atoms with Crippen LogP contribution >= 0.6 is 0 Å². The molecule has 1 aliphatic carbocycles. The number of benzene rings is 1. The highest BCUT2D eigenvalue weighted by molar-refractivity contribution is 6.06. The van der Waals surface area contributed by atoms with Gasteiger partial charge in [0, 0.05) is 24.0 Å². The number of amides is 2. The standard InChI is InChI=1S/C21H20N4O4/c26-20(22-13-5-1-2-6-13)18-15-7-3-4-10-25(15)19(24-18)21(27)23-14-8-9-16-17(11-14)29-12-28-16/h3-4,7-11,13H,1-2,5-6,12H2,(H,22,26)(H,23,27). The van der Waals surface area contributed by atoms with Gasteiger partial charge in [0.15, 0.2) is 17.2 Å². The molecule has 1 saturated carbocycles. The van der Waals surface area contributed by atoms with E-state index in [9.17, 15) is 9.59 Å². The van der Waals surface area contributed by atoms with E-state index in [1.165, 1.54) is 0 Å². The number of hydrogen-bond donors (Lipinski definition) is 2. The van der Waals surface area contributed by atoms with Crippen LogP contribution < -0.4 is 20.1 Å². The lowest BCUT2D eigenvalue weighted by Gasteiger charge is -2.10. The quantitative estimate of drug-likeness (QED) is 0.712. The van der Waals surface area contributed by atoms with Crippen LogP contribution in [-0.4, -0.2) is 34.0 Å². The lowest BCUT2D eigenvalue weighted by molar-refractivity contribution is 0.0935. The normalized spacial score (nSPS) is 15.6. The van der Waals surface area contributed by atoms with Gasteiger partial charge in [0.25, 0.3) is 11.8 Å². The van der Waals surface area contributed by atoms with Gasteiger partial charge in [-0.05, 0) is 37.1 Å². The van der Waals surface area contributed by atoms with Crippen LogP contribution in [0.15, 0.2) is 42.6 Å². The summed E-state index contributed by atoms with van der Waals surface area (Å²) in [6.07, 6.45) is 5.93. The molecule has 0 spiro atoms. The van der Waals surface area contributed by atoms with Crippen molar-refractivity contribution in [1.29, 1.82) is 0 Å². The summed E-state index contributed by atoms with van der Waals surface area (Å²) in [5.74, 6) is 0.704. The number of nitrogens with zero attached hydrogens (tertiary/aromatic N) is 2. The number of ether oxygens (including phenoxy) is 2. The fourth-order valence-corrected chi connectivity index (χ4v) is 3.85. The number of aromatic nitrogens is 2. The average molecular weight is 392 g/mol. The maximum absolute atomic E-state index is 12.9. The lowest BCUT2D eigenvalue weighted by Crippen LogP contribution is -2.33. The van der Waals surface area contributed by atoms with Gasteiger partial charge in [0.2, 0.25) is 12.6 Å². The zero-order valence-electron chi connectivity index (χ0n) is 15.7. The van der Waals surface area contributed by atoms with Gasteiger partial charge in [-0.25, -0.2) is 4.98 Å². The van der Waals surface area contributed by atoms with Gasteiger partial charge < -0.3 is 20.1 Å². The van der Waals surface area contributed by atoms with Crippen LogP contribution in [0.25, 0.3) is 5.52 Å². The fraction of sp³-hybridized carbons (Fsp3) is 0.286. The highest BCUT2D eigenvalue weighted by Crippen LogP contribution is 2.34. The molecular weight excluding hydrogens is 372 g/mol. The van der Waals surface area contributed by atoms with Crippen molar-refractivity contribution >= 4 is 23.0 Å². The molecule has 2 amide bonds. The number of hydrogen-bond acceptors (Lipinski definition) is 5. The molecule has 0 unspecified atom stereocenters. The van der Waals surface area contributed by atoms with Crippen LogP contribution in [0.1, 0.15) is 46.8 Å². The van der Waals surface area contributed by atoms with E-state index in [1.807, 2.05) is 6.07 Å². The summed E-state index contributed by atoms with van der Waals surface area (Å²) >= 11 is 0. The number of pyridine rings is 1. The Morgan fingerprint density at radius 3 is 2.72 bits per heavy atom. The van der Waals surface area contributed by atoms with E-state index < -0.39 is 5.91 Å². The Morgan fingerprint density at radius 1 is 1.03 bits per heavy atom. The molecule has 1 aromatic carbocycles. The topological polar surface area (TPSA) is 94.0 Å². The Morgan fingerprint density at radius 2 is 1.86 bits per heavy atom. The summed E-state index contributed by atoms with van der Waals surface area (Å²) in [6.45, 7) is 0.164. The molecule has 1 fully saturated rings. The number of nitrogens with one attached hydrogen (secondary N) is 2. The molecule has 2 aliphatic rings. The van der Waals surface area contributed by atoms with Crippen molar-refractivity contribution in [2.75, 3.05) is 12.1 Å². The Balaban J connectivity index is 1.43. The van der Waals surface area contributed by atoms with Crippen molar-refractivity contribution in [2.24, 2.45) is 0 Å². The average Bonchev–Trinajstić information content (AvgIpc) is 3.47. The van der Waals surface area contributed by atoms with Crippen LogP contribution in [0.4, 0.5) is 5.69 Å². The van der Waals surface area contributed by atoms with Gasteiger partial charge in [0.05, 0.1) is 5.52 Å². The second-order valence-corrected chi connectivity index (χ2v) is 7.22. The number of rotatable bonds is 4. The number of imidazole rings is 1. The van der Waals surface area contributed by atoms with E-state index in [4.69, 9.17) is 9.47 Å². The van der Waals surface area contributed by atoms with Crippen molar-refractivity contribution in [3.05, 3.63) is 54.1 Å². The van der Waals surface area contributed by atoms with Crippen LogP contribution in [0.2, 0.25) is 0 Å². The SMILES string of the molecule is O=C(NC1CCCC1)c1nc(C(=O)Nc2ccc3c(c2)OCO3)n2ccccc12. The number of carbonyl (C=O) groups is 2. The first-order chi connectivity index (χ1) is 14.2. The molecule has 2 N–H and O–H groups in total. The van der Waals surface area contributed by atoms with Gasteiger partial charge in [-0.1, -0.05) is 18.9 Å². The predicted octanol–water partition coefficient (Wildman–Crippen LogP) is 2.99. The van der Waals surface area contributed by atoms with Crippen LogP contribution in [-0.2, 0) is 0 Å². The van der Waals surface area contributed by atoms with Crippen molar-refractivity contribution < 1.29 is 19.1 Å².